The van der Waals surface area contributed by atoms with E-state index in [4.69, 9.17) is 38.5 Å². The summed E-state index contributed by atoms with van der Waals surface area (Å²) in [6.07, 6.45) is 5.50. The van der Waals surface area contributed by atoms with Crippen LogP contribution in [0.4, 0.5) is 17.6 Å². The summed E-state index contributed by atoms with van der Waals surface area (Å²) in [6, 6.07) is 10.3. The molecule has 9 heteroatoms. The third kappa shape index (κ3) is 6.47. The van der Waals surface area contributed by atoms with Crippen molar-refractivity contribution in [1.29, 1.82) is 0 Å². The number of rotatable bonds is 6. The number of halogens is 1. The lowest BCUT2D eigenvalue weighted by Gasteiger charge is -2.38. The molecule has 37 heavy (non-hydrogen) atoms. The van der Waals surface area contributed by atoms with Crippen LogP contribution in [0.1, 0.15) is 51.5 Å². The van der Waals surface area contributed by atoms with Crippen LogP contribution in [0.5, 0.6) is 0 Å². The molecule has 1 aromatic heterocycles. The van der Waals surface area contributed by atoms with Gasteiger partial charge in [-0.2, -0.15) is 9.97 Å². The van der Waals surface area contributed by atoms with E-state index in [1.165, 1.54) is 24.8 Å². The van der Waals surface area contributed by atoms with Gasteiger partial charge in [-0.05, 0) is 73.9 Å². The lowest BCUT2D eigenvalue weighted by atomic mass is 9.74. The van der Waals surface area contributed by atoms with Gasteiger partial charge >= 0.3 is 0 Å². The Morgan fingerprint density at radius 3 is 2.41 bits per heavy atom. The van der Waals surface area contributed by atoms with Gasteiger partial charge in [0.2, 0.25) is 5.95 Å². The monoisotopic (exact) mass is 542 g/mol. The zero-order valence-electron chi connectivity index (χ0n) is 22.0. The molecule has 2 N–H and O–H groups in total. The highest BCUT2D eigenvalue weighted by Gasteiger charge is 2.35. The quantitative estimate of drug-likeness (QED) is 0.480. The van der Waals surface area contributed by atoms with Crippen LogP contribution in [0.15, 0.2) is 30.3 Å². The Hall–Kier alpha value is -2.16. The molecule has 200 valence electrons. The van der Waals surface area contributed by atoms with Crippen LogP contribution in [0.2, 0.25) is 5.02 Å². The van der Waals surface area contributed by atoms with E-state index in [1.807, 2.05) is 12.1 Å². The number of ether oxygens (including phenoxy) is 1. The third-order valence-electron chi connectivity index (χ3n) is 8.02. The van der Waals surface area contributed by atoms with E-state index in [1.54, 1.807) is 0 Å². The molecular formula is C28H39ClN6OS. The van der Waals surface area contributed by atoms with Gasteiger partial charge in [-0.1, -0.05) is 37.6 Å². The summed E-state index contributed by atoms with van der Waals surface area (Å²) in [5.41, 5.74) is 1.14. The number of piperidine rings is 1. The first-order valence-electron chi connectivity index (χ1n) is 13.7. The van der Waals surface area contributed by atoms with Crippen LogP contribution < -0.4 is 20.4 Å². The molecule has 0 aliphatic carbocycles. The van der Waals surface area contributed by atoms with Crippen molar-refractivity contribution in [2.75, 3.05) is 61.1 Å². The van der Waals surface area contributed by atoms with Crippen LogP contribution in [0, 0.1) is 11.8 Å². The highest BCUT2D eigenvalue weighted by Crippen LogP contribution is 2.35. The minimum Gasteiger partial charge on any atom is -0.381 e. The zero-order chi connectivity index (χ0) is 25.8. The number of benzene rings is 1. The van der Waals surface area contributed by atoms with Gasteiger partial charge in [-0.3, -0.25) is 0 Å². The maximum atomic E-state index is 6.35. The zero-order valence-corrected chi connectivity index (χ0v) is 23.6. The SMILES string of the molecule is CC1CC(C)CN(c2cc(N3CCCC3)nc(NC(=S)NCC3(c4cccc(Cl)c4)CCOCC3)n2)C1. The Kier molecular flexibility index (Phi) is 8.37. The fourth-order valence-corrected chi connectivity index (χ4v) is 6.50. The third-order valence-corrected chi connectivity index (χ3v) is 8.50. The van der Waals surface area contributed by atoms with E-state index in [-0.39, 0.29) is 5.41 Å². The number of nitrogens with zero attached hydrogens (tertiary/aromatic N) is 4. The molecule has 3 saturated heterocycles. The van der Waals surface area contributed by atoms with E-state index in [0.717, 1.165) is 68.9 Å². The summed E-state index contributed by atoms with van der Waals surface area (Å²) in [7, 11) is 0. The van der Waals surface area contributed by atoms with Gasteiger partial charge in [-0.25, -0.2) is 0 Å². The lowest BCUT2D eigenvalue weighted by molar-refractivity contribution is 0.0515. The first-order valence-corrected chi connectivity index (χ1v) is 14.5. The maximum absolute atomic E-state index is 6.35. The van der Waals surface area contributed by atoms with Crippen molar-refractivity contribution in [2.45, 2.75) is 51.4 Å². The van der Waals surface area contributed by atoms with E-state index < -0.39 is 0 Å². The molecule has 4 heterocycles. The number of nitrogens with one attached hydrogen (secondary N) is 2. The average molecular weight is 543 g/mol. The fraction of sp³-hybridized carbons (Fsp3) is 0.607. The van der Waals surface area contributed by atoms with Gasteiger partial charge in [-0.15, -0.1) is 0 Å². The van der Waals surface area contributed by atoms with E-state index in [2.05, 4.69) is 52.5 Å². The number of aromatic nitrogens is 2. The molecular weight excluding hydrogens is 504 g/mol. The van der Waals surface area contributed by atoms with Crippen molar-refractivity contribution >= 4 is 46.5 Å². The van der Waals surface area contributed by atoms with Crippen LogP contribution >= 0.6 is 23.8 Å². The second-order valence-electron chi connectivity index (χ2n) is 11.2. The molecule has 0 radical (unpaired) electrons. The van der Waals surface area contributed by atoms with Crippen molar-refractivity contribution in [2.24, 2.45) is 11.8 Å². The molecule has 0 bridgehead atoms. The lowest BCUT2D eigenvalue weighted by Crippen LogP contribution is -2.45. The van der Waals surface area contributed by atoms with Crippen LogP contribution in [-0.2, 0) is 10.2 Å². The van der Waals surface area contributed by atoms with Crippen LogP contribution in [0.25, 0.3) is 0 Å². The predicted octanol–water partition coefficient (Wildman–Crippen LogP) is 5.25. The molecule has 0 amide bonds. The second-order valence-corrected chi connectivity index (χ2v) is 12.0. The molecule has 1 aromatic carbocycles. The normalized spacial score (nSPS) is 23.6. The molecule has 3 aliphatic rings. The average Bonchev–Trinajstić information content (AvgIpc) is 3.43. The smallest absolute Gasteiger partial charge is 0.232 e. The minimum atomic E-state index is -0.0849. The molecule has 2 aromatic rings. The van der Waals surface area contributed by atoms with E-state index in [9.17, 15) is 0 Å². The van der Waals surface area contributed by atoms with Gasteiger partial charge in [0.1, 0.15) is 11.6 Å². The van der Waals surface area contributed by atoms with Crippen molar-refractivity contribution in [3.63, 3.8) is 0 Å². The Labute approximate surface area is 231 Å². The number of anilines is 3. The van der Waals surface area contributed by atoms with Gasteiger partial charge in [0.25, 0.3) is 0 Å². The molecule has 7 nitrogen and oxygen atoms in total. The summed E-state index contributed by atoms with van der Waals surface area (Å²) >= 11 is 12.1. The van der Waals surface area contributed by atoms with Crippen molar-refractivity contribution in [1.82, 2.24) is 15.3 Å². The largest absolute Gasteiger partial charge is 0.381 e. The molecule has 0 spiro atoms. The Morgan fingerprint density at radius 1 is 1.05 bits per heavy atom. The first kappa shape index (κ1) is 26.4. The van der Waals surface area contributed by atoms with Crippen molar-refractivity contribution in [3.05, 3.63) is 40.9 Å². The topological polar surface area (TPSA) is 65.5 Å². The molecule has 5 rings (SSSR count). The summed E-state index contributed by atoms with van der Waals surface area (Å²) in [4.78, 5) is 14.6. The van der Waals surface area contributed by atoms with Gasteiger partial charge in [0, 0.05) is 62.4 Å². The number of thiocarbonyl (C=S) groups is 1. The minimum absolute atomic E-state index is 0.0849. The summed E-state index contributed by atoms with van der Waals surface area (Å²) in [5, 5.41) is 8.09. The predicted molar refractivity (Wildman–Crippen MR) is 156 cm³/mol. The number of hydrogen-bond donors (Lipinski definition) is 2. The second kappa shape index (κ2) is 11.7. The Bertz CT molecular complexity index is 1080. The standard InChI is InChI=1S/C28H39ClN6OS/c1-20-14-21(2)18-35(17-20)25-16-24(34-10-3-4-11-34)31-26(32-25)33-27(37)30-19-28(8-12-36-13-9-28)22-6-5-7-23(29)15-22/h5-7,15-16,20-21H,3-4,8-14,17-19H2,1-2H3,(H2,30,31,32,33,37). The number of hydrogen-bond acceptors (Lipinski definition) is 6. The van der Waals surface area contributed by atoms with Crippen LogP contribution in [-0.4, -0.2) is 61.0 Å². The maximum Gasteiger partial charge on any atom is 0.232 e. The molecule has 2 atom stereocenters. The molecule has 0 saturated carbocycles. The van der Waals surface area contributed by atoms with Gasteiger partial charge in [0.15, 0.2) is 5.11 Å². The molecule has 3 aliphatic heterocycles. The molecule has 2 unspecified atom stereocenters. The van der Waals surface area contributed by atoms with Crippen molar-refractivity contribution in [3.8, 4) is 0 Å². The highest BCUT2D eigenvalue weighted by molar-refractivity contribution is 7.80. The highest BCUT2D eigenvalue weighted by atomic mass is 35.5. The Morgan fingerprint density at radius 2 is 1.73 bits per heavy atom. The molecule has 3 fully saturated rings. The van der Waals surface area contributed by atoms with E-state index in [0.29, 0.717) is 29.4 Å². The summed E-state index contributed by atoms with van der Waals surface area (Å²) in [5.74, 6) is 3.83. The van der Waals surface area contributed by atoms with Crippen molar-refractivity contribution < 1.29 is 4.74 Å². The Balaban J connectivity index is 1.33. The fourth-order valence-electron chi connectivity index (χ4n) is 6.14. The van der Waals surface area contributed by atoms with Crippen LogP contribution in [0.3, 0.4) is 0 Å². The first-order chi connectivity index (χ1) is 17.9. The van der Waals surface area contributed by atoms with Gasteiger partial charge < -0.3 is 25.2 Å². The van der Waals surface area contributed by atoms with Gasteiger partial charge in [0.05, 0.1) is 0 Å². The summed E-state index contributed by atoms with van der Waals surface area (Å²) < 4.78 is 5.69. The summed E-state index contributed by atoms with van der Waals surface area (Å²) in [6.45, 7) is 10.9. The van der Waals surface area contributed by atoms with E-state index >= 15 is 0 Å².